The zero-order chi connectivity index (χ0) is 18.2. The second kappa shape index (κ2) is 6.46. The lowest BCUT2D eigenvalue weighted by atomic mass is 9.77. The van der Waals surface area contributed by atoms with Gasteiger partial charge in [-0.3, -0.25) is 0 Å². The van der Waals surface area contributed by atoms with Crippen molar-refractivity contribution in [3.63, 3.8) is 0 Å². The highest BCUT2D eigenvalue weighted by molar-refractivity contribution is 5.53. The molecule has 1 aliphatic rings. The number of fused-ring (bicyclic) bond motifs is 1. The molecule has 3 rings (SSSR count). The van der Waals surface area contributed by atoms with Crippen LogP contribution in [0.15, 0.2) is 36.4 Å². The number of phenols is 3. The minimum Gasteiger partial charge on any atom is -0.508 e. The molecular formula is C19H22O6. The van der Waals surface area contributed by atoms with Gasteiger partial charge in [0, 0.05) is 12.1 Å². The van der Waals surface area contributed by atoms with Crippen LogP contribution in [-0.4, -0.2) is 31.6 Å². The van der Waals surface area contributed by atoms with Gasteiger partial charge >= 0.3 is 0 Å². The molecule has 2 aromatic carbocycles. The van der Waals surface area contributed by atoms with Crippen LogP contribution in [0.4, 0.5) is 0 Å². The number of aromatic hydroxyl groups is 3. The highest BCUT2D eigenvalue weighted by atomic mass is 16.5. The van der Waals surface area contributed by atoms with Crippen molar-refractivity contribution >= 4 is 0 Å². The molecule has 6 nitrogen and oxygen atoms in total. The first-order valence-corrected chi connectivity index (χ1v) is 8.29. The van der Waals surface area contributed by atoms with E-state index in [-0.39, 0.29) is 28.6 Å². The molecule has 134 valence electrons. The van der Waals surface area contributed by atoms with Crippen molar-refractivity contribution in [2.45, 2.75) is 44.0 Å². The van der Waals surface area contributed by atoms with Crippen LogP contribution in [0.3, 0.4) is 0 Å². The van der Waals surface area contributed by atoms with Gasteiger partial charge in [0.15, 0.2) is 5.60 Å². The molecule has 0 saturated heterocycles. The van der Waals surface area contributed by atoms with E-state index in [1.54, 1.807) is 12.1 Å². The van der Waals surface area contributed by atoms with E-state index < -0.39 is 17.8 Å². The summed E-state index contributed by atoms with van der Waals surface area (Å²) in [5.41, 5.74) is -0.605. The third kappa shape index (κ3) is 2.88. The molecule has 0 bridgehead atoms. The molecule has 1 heterocycles. The third-order valence-electron chi connectivity index (χ3n) is 4.73. The number of hydrogen-bond donors (Lipinski definition) is 5. The molecule has 6 heteroatoms. The quantitative estimate of drug-likeness (QED) is 0.582. The molecule has 0 spiro atoms. The van der Waals surface area contributed by atoms with Crippen LogP contribution >= 0.6 is 0 Å². The van der Waals surface area contributed by atoms with Crippen LogP contribution < -0.4 is 4.74 Å². The van der Waals surface area contributed by atoms with E-state index in [1.807, 2.05) is 6.92 Å². The molecule has 2 aromatic rings. The van der Waals surface area contributed by atoms with Crippen molar-refractivity contribution in [1.29, 1.82) is 0 Å². The Balaban J connectivity index is 2.16. The Bertz CT molecular complexity index is 757. The minimum absolute atomic E-state index is 0.0520. The fourth-order valence-corrected chi connectivity index (χ4v) is 3.40. The Hall–Kier alpha value is -2.44. The summed E-state index contributed by atoms with van der Waals surface area (Å²) in [7, 11) is 0. The van der Waals surface area contributed by atoms with Gasteiger partial charge in [-0.05, 0) is 30.5 Å². The predicted octanol–water partition coefficient (Wildman–Crippen LogP) is 2.68. The molecule has 5 N–H and O–H groups in total. The molecule has 0 aliphatic carbocycles. The van der Waals surface area contributed by atoms with Gasteiger partial charge in [-0.1, -0.05) is 25.5 Å². The Kier molecular flexibility index (Phi) is 4.49. The first-order chi connectivity index (χ1) is 11.9. The standard InChI is InChI=1S/C19H22O6/c1-2-3-8-19(11-4-6-12(20)7-5-11)18(24)17(23)16-14(22)9-13(21)10-15(16)25-19/h4-7,9-10,17-18,20-24H,2-3,8H2,1H3. The summed E-state index contributed by atoms with van der Waals surface area (Å²) in [5.74, 6) is -0.332. The van der Waals surface area contributed by atoms with E-state index in [1.165, 1.54) is 18.2 Å². The summed E-state index contributed by atoms with van der Waals surface area (Å²) >= 11 is 0. The van der Waals surface area contributed by atoms with Crippen molar-refractivity contribution in [3.05, 3.63) is 47.5 Å². The molecule has 0 aromatic heterocycles. The molecule has 1 aliphatic heterocycles. The Labute approximate surface area is 145 Å². The normalized spacial score (nSPS) is 25.2. The van der Waals surface area contributed by atoms with E-state index in [9.17, 15) is 25.5 Å². The smallest absolute Gasteiger partial charge is 0.163 e. The van der Waals surface area contributed by atoms with Crippen molar-refractivity contribution in [2.24, 2.45) is 0 Å². The minimum atomic E-state index is -1.38. The lowest BCUT2D eigenvalue weighted by Crippen LogP contribution is -2.51. The van der Waals surface area contributed by atoms with Crippen LogP contribution in [0.5, 0.6) is 23.0 Å². The highest BCUT2D eigenvalue weighted by Crippen LogP contribution is 2.51. The maximum atomic E-state index is 10.9. The molecule has 3 unspecified atom stereocenters. The maximum Gasteiger partial charge on any atom is 0.163 e. The molecule has 0 fully saturated rings. The maximum absolute atomic E-state index is 10.9. The molecule has 0 amide bonds. The van der Waals surface area contributed by atoms with Gasteiger partial charge in [-0.2, -0.15) is 0 Å². The summed E-state index contributed by atoms with van der Waals surface area (Å²) in [4.78, 5) is 0. The van der Waals surface area contributed by atoms with E-state index in [0.717, 1.165) is 18.9 Å². The van der Waals surface area contributed by atoms with Gasteiger partial charge < -0.3 is 30.3 Å². The monoisotopic (exact) mass is 346 g/mol. The zero-order valence-corrected chi connectivity index (χ0v) is 13.9. The first kappa shape index (κ1) is 17.4. The van der Waals surface area contributed by atoms with Crippen LogP contribution in [0.2, 0.25) is 0 Å². The van der Waals surface area contributed by atoms with Gasteiger partial charge in [0.1, 0.15) is 35.2 Å². The molecule has 3 atom stereocenters. The fourth-order valence-electron chi connectivity index (χ4n) is 3.40. The summed E-state index contributed by atoms with van der Waals surface area (Å²) < 4.78 is 6.08. The van der Waals surface area contributed by atoms with Crippen LogP contribution in [-0.2, 0) is 5.60 Å². The van der Waals surface area contributed by atoms with Gasteiger partial charge in [0.05, 0.1) is 5.56 Å². The number of phenolic OH excluding ortho intramolecular Hbond substituents is 3. The van der Waals surface area contributed by atoms with Gasteiger partial charge in [0.25, 0.3) is 0 Å². The summed E-state index contributed by atoms with van der Waals surface area (Å²) in [6.07, 6.45) is -0.710. The number of hydrogen-bond acceptors (Lipinski definition) is 6. The number of unbranched alkanes of at least 4 members (excludes halogenated alkanes) is 1. The summed E-state index contributed by atoms with van der Waals surface area (Å²) in [6.45, 7) is 2.00. The number of rotatable bonds is 4. The first-order valence-electron chi connectivity index (χ1n) is 8.29. The van der Waals surface area contributed by atoms with E-state index >= 15 is 0 Å². The molecular weight excluding hydrogens is 324 g/mol. The molecule has 25 heavy (non-hydrogen) atoms. The lowest BCUT2D eigenvalue weighted by molar-refractivity contribution is -0.140. The van der Waals surface area contributed by atoms with Gasteiger partial charge in [-0.25, -0.2) is 0 Å². The average Bonchev–Trinajstić information content (AvgIpc) is 2.57. The Morgan fingerprint density at radius 2 is 1.68 bits per heavy atom. The van der Waals surface area contributed by atoms with E-state index in [4.69, 9.17) is 4.74 Å². The number of ether oxygens (including phenoxy) is 1. The topological polar surface area (TPSA) is 110 Å². The lowest BCUT2D eigenvalue weighted by Gasteiger charge is -2.45. The Morgan fingerprint density at radius 1 is 1.00 bits per heavy atom. The van der Waals surface area contributed by atoms with Crippen molar-refractivity contribution < 1.29 is 30.3 Å². The summed E-state index contributed by atoms with van der Waals surface area (Å²) in [5, 5.41) is 50.8. The average molecular weight is 346 g/mol. The molecule has 0 saturated carbocycles. The zero-order valence-electron chi connectivity index (χ0n) is 13.9. The largest absolute Gasteiger partial charge is 0.508 e. The summed E-state index contributed by atoms with van der Waals surface area (Å²) in [6, 6.07) is 8.65. The van der Waals surface area contributed by atoms with E-state index in [0.29, 0.717) is 12.0 Å². The van der Waals surface area contributed by atoms with Crippen molar-refractivity contribution in [2.75, 3.05) is 0 Å². The second-order valence-corrected chi connectivity index (χ2v) is 6.41. The van der Waals surface area contributed by atoms with E-state index in [2.05, 4.69) is 0 Å². The SMILES string of the molecule is CCCCC1(c2ccc(O)cc2)Oc2cc(O)cc(O)c2C(O)C1O. The van der Waals surface area contributed by atoms with Crippen molar-refractivity contribution in [3.8, 4) is 23.0 Å². The second-order valence-electron chi connectivity index (χ2n) is 6.41. The Morgan fingerprint density at radius 3 is 2.32 bits per heavy atom. The van der Waals surface area contributed by atoms with Gasteiger partial charge in [0.2, 0.25) is 0 Å². The van der Waals surface area contributed by atoms with Gasteiger partial charge in [-0.15, -0.1) is 0 Å². The van der Waals surface area contributed by atoms with Crippen molar-refractivity contribution in [1.82, 2.24) is 0 Å². The predicted molar refractivity (Wildman–Crippen MR) is 90.7 cm³/mol. The van der Waals surface area contributed by atoms with Crippen LogP contribution in [0.25, 0.3) is 0 Å². The van der Waals surface area contributed by atoms with Crippen LogP contribution in [0, 0.1) is 0 Å². The number of benzene rings is 2. The fraction of sp³-hybridized carbons (Fsp3) is 0.368. The highest BCUT2D eigenvalue weighted by Gasteiger charge is 2.50. The van der Waals surface area contributed by atoms with Crippen LogP contribution in [0.1, 0.15) is 43.4 Å². The third-order valence-corrected chi connectivity index (χ3v) is 4.73. The molecule has 0 radical (unpaired) electrons. The number of aliphatic hydroxyl groups is 2. The number of aliphatic hydroxyl groups excluding tert-OH is 2.